The van der Waals surface area contributed by atoms with Crippen LogP contribution in [-0.2, 0) is 6.42 Å². The fraction of sp³-hybridized carbons (Fsp3) is 0.286. The lowest BCUT2D eigenvalue weighted by atomic mass is 10.2. The van der Waals surface area contributed by atoms with E-state index in [0.29, 0.717) is 11.4 Å². The summed E-state index contributed by atoms with van der Waals surface area (Å²) < 4.78 is 13.2. The zero-order valence-corrected chi connectivity index (χ0v) is 11.3. The monoisotopic (exact) mass is 260 g/mol. The number of hydrogen-bond donors (Lipinski definition) is 2. The Labute approximate surface area is 112 Å². The maximum absolute atomic E-state index is 13.2. The van der Waals surface area contributed by atoms with Gasteiger partial charge in [-0.15, -0.1) is 0 Å². The van der Waals surface area contributed by atoms with Gasteiger partial charge in [0, 0.05) is 25.2 Å². The first-order valence-corrected chi connectivity index (χ1v) is 6.21. The van der Waals surface area contributed by atoms with Gasteiger partial charge in [-0.1, -0.05) is 6.92 Å². The molecule has 4 nitrogen and oxygen atoms in total. The van der Waals surface area contributed by atoms with Crippen molar-refractivity contribution in [1.29, 1.82) is 0 Å². The van der Waals surface area contributed by atoms with Crippen LogP contribution >= 0.6 is 0 Å². The Morgan fingerprint density at radius 1 is 1.16 bits per heavy atom. The Hall–Kier alpha value is -2.17. The normalized spacial score (nSPS) is 10.3. The number of anilines is 3. The molecule has 0 saturated heterocycles. The minimum Gasteiger partial charge on any atom is -0.373 e. The molecule has 0 atom stereocenters. The van der Waals surface area contributed by atoms with Crippen LogP contribution in [0.25, 0.3) is 0 Å². The van der Waals surface area contributed by atoms with Crippen LogP contribution in [0.1, 0.15) is 18.3 Å². The molecule has 0 radical (unpaired) electrons. The highest BCUT2D eigenvalue weighted by atomic mass is 19.1. The third kappa shape index (κ3) is 3.19. The highest BCUT2D eigenvalue weighted by molar-refractivity contribution is 5.59. The van der Waals surface area contributed by atoms with Crippen LogP contribution in [0, 0.1) is 12.7 Å². The molecule has 2 N–H and O–H groups in total. The summed E-state index contributed by atoms with van der Waals surface area (Å²) in [5, 5.41) is 6.16. The molecule has 0 saturated carbocycles. The molecule has 1 heterocycles. The Bertz CT molecular complexity index is 561. The second-order valence-electron chi connectivity index (χ2n) is 4.25. The van der Waals surface area contributed by atoms with Crippen molar-refractivity contribution in [3.63, 3.8) is 0 Å². The summed E-state index contributed by atoms with van der Waals surface area (Å²) in [6.07, 6.45) is 0.757. The standard InChI is InChI=1S/C14H17FN4/c1-4-12-18-13(16-3)8-14(19-12)17-10-5-6-11(15)9(2)7-10/h5-8H,4H2,1-3H3,(H2,16,17,18,19). The summed E-state index contributed by atoms with van der Waals surface area (Å²) in [7, 11) is 1.81. The molecule has 0 aliphatic carbocycles. The molecule has 2 aromatic rings. The molecule has 100 valence electrons. The lowest BCUT2D eigenvalue weighted by molar-refractivity contribution is 0.619. The van der Waals surface area contributed by atoms with E-state index in [-0.39, 0.29) is 5.82 Å². The van der Waals surface area contributed by atoms with Crippen LogP contribution in [0.15, 0.2) is 24.3 Å². The summed E-state index contributed by atoms with van der Waals surface area (Å²) in [4.78, 5) is 8.71. The smallest absolute Gasteiger partial charge is 0.136 e. The second kappa shape index (κ2) is 5.65. The molecule has 0 aliphatic rings. The van der Waals surface area contributed by atoms with Gasteiger partial charge >= 0.3 is 0 Å². The summed E-state index contributed by atoms with van der Waals surface area (Å²) >= 11 is 0. The molecule has 0 aliphatic heterocycles. The van der Waals surface area contributed by atoms with Crippen LogP contribution in [0.3, 0.4) is 0 Å². The van der Waals surface area contributed by atoms with E-state index in [9.17, 15) is 4.39 Å². The number of aryl methyl sites for hydroxylation is 2. The largest absolute Gasteiger partial charge is 0.373 e. The Kier molecular flexibility index (Phi) is 3.94. The summed E-state index contributed by atoms with van der Waals surface area (Å²) in [6.45, 7) is 3.73. The fourth-order valence-electron chi connectivity index (χ4n) is 1.72. The molecule has 1 aromatic heterocycles. The number of rotatable bonds is 4. The number of hydrogen-bond acceptors (Lipinski definition) is 4. The molecule has 5 heteroatoms. The Balaban J connectivity index is 2.29. The number of aromatic nitrogens is 2. The van der Waals surface area contributed by atoms with Crippen LogP contribution in [0.5, 0.6) is 0 Å². The number of nitrogens with one attached hydrogen (secondary N) is 2. The lowest BCUT2D eigenvalue weighted by Crippen LogP contribution is -2.03. The first-order chi connectivity index (χ1) is 9.12. The van der Waals surface area contributed by atoms with Crippen molar-refractivity contribution in [3.05, 3.63) is 41.5 Å². The molecular weight excluding hydrogens is 243 g/mol. The van der Waals surface area contributed by atoms with E-state index in [1.54, 1.807) is 19.1 Å². The number of nitrogens with zero attached hydrogens (tertiary/aromatic N) is 2. The van der Waals surface area contributed by atoms with Gasteiger partial charge in [-0.05, 0) is 30.7 Å². The van der Waals surface area contributed by atoms with Crippen LogP contribution in [0.2, 0.25) is 0 Å². The van der Waals surface area contributed by atoms with E-state index in [2.05, 4.69) is 20.6 Å². The topological polar surface area (TPSA) is 49.8 Å². The Morgan fingerprint density at radius 2 is 1.89 bits per heavy atom. The second-order valence-corrected chi connectivity index (χ2v) is 4.25. The first-order valence-electron chi connectivity index (χ1n) is 6.21. The van der Waals surface area contributed by atoms with Gasteiger partial charge in [0.1, 0.15) is 23.3 Å². The van der Waals surface area contributed by atoms with E-state index in [1.807, 2.05) is 20.0 Å². The predicted molar refractivity (Wildman–Crippen MR) is 75.4 cm³/mol. The van der Waals surface area contributed by atoms with Crippen molar-refractivity contribution in [3.8, 4) is 0 Å². The third-order valence-corrected chi connectivity index (χ3v) is 2.78. The van der Waals surface area contributed by atoms with Crippen LogP contribution in [0.4, 0.5) is 21.7 Å². The zero-order chi connectivity index (χ0) is 13.8. The maximum atomic E-state index is 13.2. The quantitative estimate of drug-likeness (QED) is 0.885. The van der Waals surface area contributed by atoms with E-state index < -0.39 is 0 Å². The SMILES string of the molecule is CCc1nc(NC)cc(Nc2ccc(F)c(C)c2)n1. The van der Waals surface area contributed by atoms with Crippen LogP contribution in [-0.4, -0.2) is 17.0 Å². The summed E-state index contributed by atoms with van der Waals surface area (Å²) in [5.74, 6) is 2.00. The summed E-state index contributed by atoms with van der Waals surface area (Å²) in [5.41, 5.74) is 1.41. The van der Waals surface area contributed by atoms with E-state index in [0.717, 1.165) is 23.8 Å². The van der Waals surface area contributed by atoms with Crippen molar-refractivity contribution in [1.82, 2.24) is 9.97 Å². The molecule has 0 amide bonds. The summed E-state index contributed by atoms with van der Waals surface area (Å²) in [6, 6.07) is 6.70. The minimum atomic E-state index is -0.210. The van der Waals surface area contributed by atoms with Gasteiger partial charge in [0.2, 0.25) is 0 Å². The van der Waals surface area contributed by atoms with Crippen LogP contribution < -0.4 is 10.6 Å². The molecule has 0 fully saturated rings. The minimum absolute atomic E-state index is 0.210. The van der Waals surface area contributed by atoms with E-state index >= 15 is 0 Å². The molecule has 0 bridgehead atoms. The van der Waals surface area contributed by atoms with Crippen molar-refractivity contribution < 1.29 is 4.39 Å². The van der Waals surface area contributed by atoms with Gasteiger partial charge in [0.05, 0.1) is 0 Å². The van der Waals surface area contributed by atoms with Crippen molar-refractivity contribution >= 4 is 17.3 Å². The highest BCUT2D eigenvalue weighted by Gasteiger charge is 2.04. The third-order valence-electron chi connectivity index (χ3n) is 2.78. The van der Waals surface area contributed by atoms with Gasteiger partial charge in [0.15, 0.2) is 0 Å². The lowest BCUT2D eigenvalue weighted by Gasteiger charge is -2.10. The van der Waals surface area contributed by atoms with Gasteiger partial charge < -0.3 is 10.6 Å². The molecular formula is C14H17FN4. The van der Waals surface area contributed by atoms with E-state index in [1.165, 1.54) is 6.07 Å². The van der Waals surface area contributed by atoms with Gasteiger partial charge in [0.25, 0.3) is 0 Å². The molecule has 19 heavy (non-hydrogen) atoms. The molecule has 2 rings (SSSR count). The average Bonchev–Trinajstić information content (AvgIpc) is 2.42. The first kappa shape index (κ1) is 13.3. The van der Waals surface area contributed by atoms with Gasteiger partial charge in [-0.2, -0.15) is 0 Å². The fourth-order valence-corrected chi connectivity index (χ4v) is 1.72. The molecule has 0 spiro atoms. The average molecular weight is 260 g/mol. The Morgan fingerprint density at radius 3 is 2.53 bits per heavy atom. The van der Waals surface area contributed by atoms with Gasteiger partial charge in [-0.3, -0.25) is 0 Å². The molecule has 1 aromatic carbocycles. The zero-order valence-electron chi connectivity index (χ0n) is 11.3. The van der Waals surface area contributed by atoms with Crippen molar-refractivity contribution in [2.24, 2.45) is 0 Å². The predicted octanol–water partition coefficient (Wildman–Crippen LogP) is 3.27. The van der Waals surface area contributed by atoms with Crippen molar-refractivity contribution in [2.75, 3.05) is 17.7 Å². The number of halogens is 1. The van der Waals surface area contributed by atoms with Gasteiger partial charge in [-0.25, -0.2) is 14.4 Å². The van der Waals surface area contributed by atoms with Crippen molar-refractivity contribution in [2.45, 2.75) is 20.3 Å². The highest BCUT2D eigenvalue weighted by Crippen LogP contribution is 2.19. The number of benzene rings is 1. The van der Waals surface area contributed by atoms with E-state index in [4.69, 9.17) is 0 Å². The maximum Gasteiger partial charge on any atom is 0.136 e. The molecule has 0 unspecified atom stereocenters.